The number of halogens is 1. The van der Waals surface area contributed by atoms with Crippen LogP contribution < -0.4 is 0 Å². The van der Waals surface area contributed by atoms with Crippen molar-refractivity contribution in [1.82, 2.24) is 0 Å². The van der Waals surface area contributed by atoms with Gasteiger partial charge in [-0.1, -0.05) is 67.0 Å². The quantitative estimate of drug-likeness (QED) is 0.0462. The fourth-order valence-corrected chi connectivity index (χ4v) is 24.0. The summed E-state index contributed by atoms with van der Waals surface area (Å²) in [5.41, 5.74) is 0.436. The summed E-state index contributed by atoms with van der Waals surface area (Å²) >= 11 is 5.51. The van der Waals surface area contributed by atoms with E-state index in [1.54, 1.807) is 0 Å². The number of carboxylic acids is 1. The number of aliphatic carboxylic acids is 1. The van der Waals surface area contributed by atoms with Gasteiger partial charge in [-0.2, -0.15) is 0 Å². The minimum absolute atomic E-state index is 0. The van der Waals surface area contributed by atoms with Crippen molar-refractivity contribution in [3.8, 4) is 0 Å². The summed E-state index contributed by atoms with van der Waals surface area (Å²) in [6, 6.07) is 0.362. The van der Waals surface area contributed by atoms with Crippen LogP contribution in [0.2, 0.25) is 0 Å². The number of hydrogen-bond donors (Lipinski definition) is 5. The largest absolute Gasteiger partial charge is 0.481 e. The molecule has 12 saturated carbocycles. The Labute approximate surface area is 501 Å². The van der Waals surface area contributed by atoms with Crippen molar-refractivity contribution in [2.24, 2.45) is 140 Å². The number of ether oxygens (including phenoxy) is 3. The molecular weight excluding hydrogens is 1060 g/mol. The molecular formula is C68H113ClO10V. The summed E-state index contributed by atoms with van der Waals surface area (Å²) in [4.78, 5) is 23.6. The van der Waals surface area contributed by atoms with E-state index < -0.39 is 5.97 Å². The van der Waals surface area contributed by atoms with Crippen molar-refractivity contribution in [3.63, 3.8) is 0 Å². The maximum absolute atomic E-state index is 12.6. The molecule has 12 aliphatic rings. The van der Waals surface area contributed by atoms with Gasteiger partial charge < -0.3 is 39.7 Å². The molecule has 0 saturated heterocycles. The molecule has 10 nitrogen and oxygen atoms in total. The third kappa shape index (κ3) is 12.0. The topological polar surface area (TPSA) is 163 Å². The molecule has 15 unspecified atom stereocenters. The van der Waals surface area contributed by atoms with Crippen LogP contribution in [0.3, 0.4) is 0 Å². The van der Waals surface area contributed by atoms with Gasteiger partial charge in [-0.15, -0.1) is 0 Å². The van der Waals surface area contributed by atoms with E-state index >= 15 is 0 Å². The number of rotatable bonds is 15. The summed E-state index contributed by atoms with van der Waals surface area (Å²) in [5, 5.41) is 52.9. The van der Waals surface area contributed by atoms with E-state index in [1.165, 1.54) is 83.5 Å². The van der Waals surface area contributed by atoms with Crippen LogP contribution in [0.1, 0.15) is 222 Å². The van der Waals surface area contributed by atoms with Crippen molar-refractivity contribution < 1.29 is 67.9 Å². The van der Waals surface area contributed by atoms with E-state index in [-0.39, 0.29) is 83.8 Å². The molecule has 0 heterocycles. The summed E-state index contributed by atoms with van der Waals surface area (Å²) in [6.07, 6.45) is 27.4. The van der Waals surface area contributed by atoms with Gasteiger partial charge in [-0.05, 0) is 294 Å². The average Bonchev–Trinajstić information content (AvgIpc) is 4.46. The molecule has 1 radical (unpaired) electrons. The molecule has 12 rings (SSSR count). The van der Waals surface area contributed by atoms with Gasteiger partial charge in [0.1, 0.15) is 6.07 Å². The number of hydrogen-bond acceptors (Lipinski definition) is 9. The molecule has 12 aliphatic carbocycles. The molecule has 28 atom stereocenters. The van der Waals surface area contributed by atoms with Crippen molar-refractivity contribution in [2.75, 3.05) is 26.1 Å². The summed E-state index contributed by atoms with van der Waals surface area (Å²) in [7, 11) is 0. The van der Waals surface area contributed by atoms with Crippen LogP contribution >= 0.6 is 11.6 Å². The van der Waals surface area contributed by atoms with E-state index in [0.717, 1.165) is 125 Å². The minimum atomic E-state index is -0.707. The van der Waals surface area contributed by atoms with Gasteiger partial charge in [0.15, 0.2) is 6.79 Å². The van der Waals surface area contributed by atoms with Crippen LogP contribution in [0, 0.1) is 140 Å². The number of carboxylic acid groups (broad SMARTS) is 1. The number of fused-ring (bicyclic) bond motifs is 14. The van der Waals surface area contributed by atoms with Gasteiger partial charge >= 0.3 is 11.9 Å². The molecule has 0 aromatic carbocycles. The molecule has 0 spiro atoms. The first-order valence-electron chi connectivity index (χ1n) is 33.4. The van der Waals surface area contributed by atoms with Crippen molar-refractivity contribution >= 4 is 23.5 Å². The Hall–Kier alpha value is -0.426. The average molecular weight is 1180 g/mol. The smallest absolute Gasteiger partial charge is 0.307 e. The first kappa shape index (κ1) is 64.1. The Kier molecular flexibility index (Phi) is 20.9. The molecule has 12 fully saturated rings. The molecule has 4 bridgehead atoms. The first-order valence-corrected chi connectivity index (χ1v) is 34.0. The van der Waals surface area contributed by atoms with Crippen LogP contribution in [0.25, 0.3) is 0 Å². The zero-order valence-electron chi connectivity index (χ0n) is 51.2. The van der Waals surface area contributed by atoms with Gasteiger partial charge in [0.25, 0.3) is 0 Å². The zero-order chi connectivity index (χ0) is 56.3. The van der Waals surface area contributed by atoms with Crippen LogP contribution in [0.15, 0.2) is 0 Å². The fraction of sp³-hybridized carbons (Fsp3) is 0.971. The van der Waals surface area contributed by atoms with Crippen LogP contribution in [0.4, 0.5) is 0 Å². The standard InChI is InChI=1S/C34H56O5.C24H40O4.C10H17ClO.V/c1-20(5-12-32(37)39-19-38-18-27-21(2)22-6-7-23(27)15-22)28-10-11-29-26-9-8-24-16-25(35)13-14-33(24,3)30(26)17-31(36)34(28,29)4;1-14(4-9-22(27)28)18-7-8-19-17-6-5-15-12-16(25)10-11-23(15,2)20(17)13-21(26)24(18,19)3;1-7-8-2-3-9(4-8)10(7)5-12-6-11;/h20-31,35-36H,5-19H2,1-4H3;14-21,25-26H,4-13H2,1-3H3,(H,27,28);7-10H,2-6H2,1H3;/t20-,21?,22?,23?,24-,25-,26+,27?,28-,29?,30+,31+,33+,34-;14-,15?,16?,17?,18-,19?,20?,21?,23+,24-;;/m11../s1. The number of aliphatic hydroxyl groups excluding tert-OH is 4. The predicted molar refractivity (Wildman–Crippen MR) is 310 cm³/mol. The Bertz CT molecular complexity index is 2060. The maximum Gasteiger partial charge on any atom is 0.307 e. The normalized spacial score (nSPS) is 49.9. The number of esters is 1. The van der Waals surface area contributed by atoms with Crippen LogP contribution in [-0.2, 0) is 42.4 Å². The predicted octanol–water partition coefficient (Wildman–Crippen LogP) is 13.9. The Morgan fingerprint density at radius 3 is 1.40 bits per heavy atom. The zero-order valence-corrected chi connectivity index (χ0v) is 53.3. The van der Waals surface area contributed by atoms with Crippen molar-refractivity contribution in [3.05, 3.63) is 0 Å². The van der Waals surface area contributed by atoms with Gasteiger partial charge in [0.05, 0.1) is 37.6 Å². The van der Waals surface area contributed by atoms with E-state index in [2.05, 4.69) is 55.4 Å². The van der Waals surface area contributed by atoms with E-state index in [1.807, 2.05) is 0 Å². The number of carbonyl (C=O) groups is 2. The van der Waals surface area contributed by atoms with Crippen molar-refractivity contribution in [1.29, 1.82) is 0 Å². The summed E-state index contributed by atoms with van der Waals surface area (Å²) < 4.78 is 16.6. The SMILES string of the molecule is CC1C2CCC(C2)C1COCCl.CC1C2CCC(C2)C1COCOC(=O)CC[C@@H](C)[C@H]1CCC2[C@@H]3CC[C@@H]4C[C@H](O)CC[C@]4(C)[C@H]3C[C@H](O)[C@@]21C.C[C@H](CCC(=O)O)[C@H]1CCC2C3CCC4CC(O)CC[C@]4(C)C3CC(O)[C@@]21C.[V]. The second kappa shape index (κ2) is 26.1. The fourth-order valence-electron chi connectivity index (χ4n) is 23.9. The van der Waals surface area contributed by atoms with Gasteiger partial charge in [0, 0.05) is 31.4 Å². The minimum Gasteiger partial charge on any atom is -0.481 e. The second-order valence-corrected chi connectivity index (χ2v) is 31.6. The molecule has 0 amide bonds. The Balaban J connectivity index is 0.000000164. The Morgan fingerprint density at radius 1 is 0.537 bits per heavy atom. The number of carbonyl (C=O) groups excluding carboxylic acids is 1. The molecule has 12 heteroatoms. The summed E-state index contributed by atoms with van der Waals surface area (Å²) in [5.74, 6) is 12.5. The summed E-state index contributed by atoms with van der Waals surface area (Å²) in [6.45, 7) is 20.6. The van der Waals surface area contributed by atoms with Gasteiger partial charge in [-0.3, -0.25) is 9.59 Å². The molecule has 5 N–H and O–H groups in total. The number of alkyl halides is 1. The van der Waals surface area contributed by atoms with E-state index in [9.17, 15) is 30.0 Å². The molecule has 457 valence electrons. The maximum atomic E-state index is 12.6. The molecule has 0 aliphatic heterocycles. The van der Waals surface area contributed by atoms with Crippen LogP contribution in [-0.4, -0.2) is 88.0 Å². The monoisotopic (exact) mass is 1180 g/mol. The molecule has 0 aromatic rings. The van der Waals surface area contributed by atoms with Crippen molar-refractivity contribution in [2.45, 2.75) is 247 Å². The third-order valence-electron chi connectivity index (χ3n) is 28.7. The first-order chi connectivity index (χ1) is 37.6. The van der Waals surface area contributed by atoms with E-state index in [4.69, 9.17) is 30.9 Å². The third-order valence-corrected chi connectivity index (χ3v) is 28.9. The molecule has 80 heavy (non-hydrogen) atoms. The molecule has 0 aromatic heterocycles. The second-order valence-electron chi connectivity index (χ2n) is 31.4. The number of aliphatic hydroxyl groups is 4. The Morgan fingerprint density at radius 2 is 0.975 bits per heavy atom. The van der Waals surface area contributed by atoms with Gasteiger partial charge in [0.2, 0.25) is 0 Å². The van der Waals surface area contributed by atoms with Gasteiger partial charge in [-0.25, -0.2) is 0 Å². The van der Waals surface area contributed by atoms with E-state index in [0.29, 0.717) is 89.4 Å². The van der Waals surface area contributed by atoms with Crippen LogP contribution in [0.5, 0.6) is 0 Å².